The molecule has 162 valence electrons. The molecule has 0 unspecified atom stereocenters. The van der Waals surface area contributed by atoms with Gasteiger partial charge >= 0.3 is 6.09 Å². The Labute approximate surface area is 175 Å². The molecule has 0 saturated heterocycles. The second kappa shape index (κ2) is 12.2. The third-order valence-electron chi connectivity index (χ3n) is 5.10. The fraction of sp³-hybridized carbons (Fsp3) is 0.542. The molecule has 0 saturated carbocycles. The Bertz CT molecular complexity index is 746. The molecule has 29 heavy (non-hydrogen) atoms. The number of hydrogen-bond donors (Lipinski definition) is 3. The molecule has 0 heterocycles. The van der Waals surface area contributed by atoms with Crippen molar-refractivity contribution in [3.8, 4) is 11.5 Å². The van der Waals surface area contributed by atoms with E-state index in [1.807, 2.05) is 13.0 Å². The highest BCUT2D eigenvalue weighted by molar-refractivity contribution is 5.65. The summed E-state index contributed by atoms with van der Waals surface area (Å²) in [5.41, 5.74) is 4.35. The monoisotopic (exact) mass is 403 g/mol. The lowest BCUT2D eigenvalue weighted by molar-refractivity contribution is 0.153. The van der Waals surface area contributed by atoms with Gasteiger partial charge in [0.05, 0.1) is 6.54 Å². The van der Waals surface area contributed by atoms with Crippen LogP contribution in [0.1, 0.15) is 76.5 Å². The first-order valence-corrected chi connectivity index (χ1v) is 10.5. The van der Waals surface area contributed by atoms with E-state index >= 15 is 0 Å². The van der Waals surface area contributed by atoms with Crippen LogP contribution in [0.4, 0.5) is 4.79 Å². The number of aromatic hydroxyl groups is 2. The van der Waals surface area contributed by atoms with Gasteiger partial charge < -0.3 is 20.2 Å². The molecule has 0 radical (unpaired) electrons. The highest BCUT2D eigenvalue weighted by Crippen LogP contribution is 2.36. The SMILES string of the molecule is CCCCCc1cc(O)c(CC=C(C)CCC=C(C)C)c(O)c1CN(C)C(=O)O. The van der Waals surface area contributed by atoms with Crippen LogP contribution >= 0.6 is 0 Å². The molecule has 0 atom stereocenters. The number of carbonyl (C=O) groups is 1. The average Bonchev–Trinajstić information content (AvgIpc) is 2.64. The lowest BCUT2D eigenvalue weighted by atomic mass is 9.94. The van der Waals surface area contributed by atoms with Crippen molar-refractivity contribution in [2.75, 3.05) is 7.05 Å². The number of phenols is 2. The maximum absolute atomic E-state index is 11.3. The minimum absolute atomic E-state index is 0.0120. The summed E-state index contributed by atoms with van der Waals surface area (Å²) < 4.78 is 0. The van der Waals surface area contributed by atoms with E-state index in [-0.39, 0.29) is 18.0 Å². The first kappa shape index (κ1) is 24.6. The molecule has 1 rings (SSSR count). The number of allylic oxidation sites excluding steroid dienone is 4. The van der Waals surface area contributed by atoms with Crippen LogP contribution in [0.2, 0.25) is 0 Å². The Morgan fingerprint density at radius 2 is 1.79 bits per heavy atom. The van der Waals surface area contributed by atoms with Crippen LogP contribution in [-0.2, 0) is 19.4 Å². The van der Waals surface area contributed by atoms with E-state index in [1.165, 1.54) is 18.2 Å². The van der Waals surface area contributed by atoms with Gasteiger partial charge in [-0.1, -0.05) is 43.1 Å². The lowest BCUT2D eigenvalue weighted by Crippen LogP contribution is -2.24. The second-order valence-electron chi connectivity index (χ2n) is 8.03. The number of benzene rings is 1. The molecule has 0 aliphatic rings. The lowest BCUT2D eigenvalue weighted by Gasteiger charge is -2.20. The summed E-state index contributed by atoms with van der Waals surface area (Å²) in [7, 11) is 1.48. The topological polar surface area (TPSA) is 81.0 Å². The molecule has 0 aliphatic carbocycles. The molecule has 3 N–H and O–H groups in total. The minimum atomic E-state index is -1.05. The maximum atomic E-state index is 11.3. The van der Waals surface area contributed by atoms with Crippen molar-refractivity contribution in [3.63, 3.8) is 0 Å². The van der Waals surface area contributed by atoms with Gasteiger partial charge in [0.1, 0.15) is 11.5 Å². The van der Waals surface area contributed by atoms with Crippen molar-refractivity contribution in [1.29, 1.82) is 0 Å². The quantitative estimate of drug-likeness (QED) is 0.304. The number of amides is 1. The maximum Gasteiger partial charge on any atom is 0.407 e. The van der Waals surface area contributed by atoms with Crippen molar-refractivity contribution >= 4 is 6.09 Å². The fourth-order valence-electron chi connectivity index (χ4n) is 3.23. The number of phenolic OH excluding ortho intramolecular Hbond substituents is 2. The third-order valence-corrected chi connectivity index (χ3v) is 5.10. The van der Waals surface area contributed by atoms with Gasteiger partial charge in [0, 0.05) is 18.2 Å². The van der Waals surface area contributed by atoms with Crippen LogP contribution in [0, 0.1) is 0 Å². The van der Waals surface area contributed by atoms with Crippen molar-refractivity contribution in [1.82, 2.24) is 4.90 Å². The molecular formula is C24H37NO4. The highest BCUT2D eigenvalue weighted by Gasteiger charge is 2.19. The number of rotatable bonds is 11. The molecule has 5 nitrogen and oxygen atoms in total. The zero-order valence-corrected chi connectivity index (χ0v) is 18.6. The first-order valence-electron chi connectivity index (χ1n) is 10.5. The molecule has 5 heteroatoms. The van der Waals surface area contributed by atoms with Crippen LogP contribution in [0.5, 0.6) is 11.5 Å². The zero-order valence-electron chi connectivity index (χ0n) is 18.6. The summed E-state index contributed by atoms with van der Waals surface area (Å²) in [5.74, 6) is 0.0852. The molecule has 1 aromatic rings. The van der Waals surface area contributed by atoms with Crippen molar-refractivity contribution in [3.05, 3.63) is 46.1 Å². The van der Waals surface area contributed by atoms with Crippen LogP contribution in [-0.4, -0.2) is 33.4 Å². The summed E-state index contributed by atoms with van der Waals surface area (Å²) in [5, 5.41) is 30.7. The van der Waals surface area contributed by atoms with Crippen molar-refractivity contribution < 1.29 is 20.1 Å². The average molecular weight is 404 g/mol. The van der Waals surface area contributed by atoms with E-state index in [1.54, 1.807) is 6.07 Å². The van der Waals surface area contributed by atoms with Crippen LogP contribution < -0.4 is 0 Å². The summed E-state index contributed by atoms with van der Waals surface area (Å²) in [6.07, 6.45) is 9.22. The van der Waals surface area contributed by atoms with Crippen molar-refractivity contribution in [2.24, 2.45) is 0 Å². The summed E-state index contributed by atoms with van der Waals surface area (Å²) in [4.78, 5) is 12.4. The largest absolute Gasteiger partial charge is 0.508 e. The van der Waals surface area contributed by atoms with E-state index in [9.17, 15) is 20.1 Å². The first-order chi connectivity index (χ1) is 13.7. The number of unbranched alkanes of at least 4 members (excludes halogenated alkanes) is 2. The van der Waals surface area contributed by atoms with Gasteiger partial charge in [-0.3, -0.25) is 0 Å². The van der Waals surface area contributed by atoms with Crippen LogP contribution in [0.15, 0.2) is 29.4 Å². The molecular weight excluding hydrogens is 366 g/mol. The molecule has 0 aliphatic heterocycles. The van der Waals surface area contributed by atoms with Gasteiger partial charge in [-0.15, -0.1) is 0 Å². The van der Waals surface area contributed by atoms with Crippen molar-refractivity contribution in [2.45, 2.75) is 79.2 Å². The summed E-state index contributed by atoms with van der Waals surface area (Å²) >= 11 is 0. The van der Waals surface area contributed by atoms with E-state index < -0.39 is 6.09 Å². The van der Waals surface area contributed by atoms with E-state index in [0.29, 0.717) is 24.0 Å². The fourth-order valence-corrected chi connectivity index (χ4v) is 3.23. The number of carboxylic acid groups (broad SMARTS) is 1. The second-order valence-corrected chi connectivity index (χ2v) is 8.03. The smallest absolute Gasteiger partial charge is 0.407 e. The molecule has 1 aromatic carbocycles. The van der Waals surface area contributed by atoms with E-state index in [0.717, 1.165) is 42.6 Å². The molecule has 0 aromatic heterocycles. The number of hydrogen-bond acceptors (Lipinski definition) is 3. The van der Waals surface area contributed by atoms with Crippen LogP contribution in [0.3, 0.4) is 0 Å². The standard InChI is InChI=1S/C24H37NO4/c1-6-7-8-12-19-15-22(26)20(14-13-18(4)11-9-10-17(2)3)23(27)21(19)16-25(5)24(28)29/h10,13,15,26-27H,6-9,11-12,14,16H2,1-5H3,(H,28,29). The number of nitrogens with zero attached hydrogens (tertiary/aromatic N) is 1. The van der Waals surface area contributed by atoms with Gasteiger partial charge in [0.2, 0.25) is 0 Å². The van der Waals surface area contributed by atoms with Gasteiger partial charge in [0.15, 0.2) is 0 Å². The zero-order chi connectivity index (χ0) is 22.0. The van der Waals surface area contributed by atoms with E-state index in [2.05, 4.69) is 26.8 Å². The Kier molecular flexibility index (Phi) is 10.4. The Hall–Kier alpha value is -2.43. The minimum Gasteiger partial charge on any atom is -0.508 e. The van der Waals surface area contributed by atoms with Crippen LogP contribution in [0.25, 0.3) is 0 Å². The third kappa shape index (κ3) is 8.22. The Morgan fingerprint density at radius 1 is 1.10 bits per heavy atom. The molecule has 0 fully saturated rings. The van der Waals surface area contributed by atoms with Gasteiger partial charge in [0.25, 0.3) is 0 Å². The van der Waals surface area contributed by atoms with E-state index in [4.69, 9.17) is 0 Å². The molecule has 1 amide bonds. The summed E-state index contributed by atoms with van der Waals surface area (Å²) in [6.45, 7) is 8.41. The normalized spacial score (nSPS) is 11.4. The Morgan fingerprint density at radius 3 is 2.38 bits per heavy atom. The number of aryl methyl sites for hydroxylation is 1. The molecule has 0 spiro atoms. The highest BCUT2D eigenvalue weighted by atomic mass is 16.4. The predicted octanol–water partition coefficient (Wildman–Crippen LogP) is 6.18. The van der Waals surface area contributed by atoms with Gasteiger partial charge in [-0.05, 0) is 64.5 Å². The Balaban J connectivity index is 3.14. The van der Waals surface area contributed by atoms with Gasteiger partial charge in [-0.25, -0.2) is 4.79 Å². The molecule has 0 bridgehead atoms. The summed E-state index contributed by atoms with van der Waals surface area (Å²) in [6, 6.07) is 1.70. The van der Waals surface area contributed by atoms with Gasteiger partial charge in [-0.2, -0.15) is 0 Å². The predicted molar refractivity (Wildman–Crippen MR) is 119 cm³/mol.